The molecule has 1 nitrogen and oxygen atoms in total. The Balaban J connectivity index is 0.000000244. The molecule has 0 saturated carbocycles. The Bertz CT molecular complexity index is 1510. The van der Waals surface area contributed by atoms with E-state index in [0.29, 0.717) is 0 Å². The molecule has 0 aliphatic carbocycles. The zero-order valence-electron chi connectivity index (χ0n) is 24.0. The normalized spacial score (nSPS) is 9.88. The van der Waals surface area contributed by atoms with Crippen molar-refractivity contribution in [3.05, 3.63) is 150 Å². The van der Waals surface area contributed by atoms with Gasteiger partial charge in [0.2, 0.25) is 0 Å². The molecule has 0 amide bonds. The van der Waals surface area contributed by atoms with Crippen molar-refractivity contribution in [2.45, 2.75) is 26.2 Å². The largest absolute Gasteiger partial charge is 0.214 e. The van der Waals surface area contributed by atoms with E-state index in [2.05, 4.69) is 129 Å². The molecule has 0 aromatic heterocycles. The summed E-state index contributed by atoms with van der Waals surface area (Å²) in [5.74, 6) is 0. The minimum atomic E-state index is 0. The molecule has 6 aromatic rings. The van der Waals surface area contributed by atoms with Crippen LogP contribution in [0, 0.1) is 0 Å². The minimum absolute atomic E-state index is 0. The fourth-order valence-electron chi connectivity index (χ4n) is 4.57. The number of hydrogen-bond acceptors (Lipinski definition) is 1. The van der Waals surface area contributed by atoms with E-state index in [-0.39, 0.29) is 24.8 Å². The number of unbranched alkanes of at least 4 members (excludes halogenated alkanes) is 1. The Labute approximate surface area is 273 Å². The van der Waals surface area contributed by atoms with Crippen LogP contribution in [0.2, 0.25) is 0 Å². The Kier molecular flexibility index (Phi) is 15.0. The molecule has 6 aromatic carbocycles. The monoisotopic (exact) mass is 655 g/mol. The van der Waals surface area contributed by atoms with Crippen LogP contribution in [0.3, 0.4) is 0 Å². The number of fused-ring (bicyclic) bond motifs is 3. The van der Waals surface area contributed by atoms with E-state index < -0.39 is 0 Å². The van der Waals surface area contributed by atoms with E-state index in [1.54, 1.807) is 0 Å². The Morgan fingerprint density at radius 1 is 0.683 bits per heavy atom. The van der Waals surface area contributed by atoms with E-state index in [4.69, 9.17) is 0 Å². The third-order valence-corrected chi connectivity index (χ3v) is 8.19. The number of rotatable bonds is 6. The maximum atomic E-state index is 2.36. The van der Waals surface area contributed by atoms with Crippen molar-refractivity contribution in [1.82, 2.24) is 0 Å². The smallest absolute Gasteiger partial charge is 0.172 e. The summed E-state index contributed by atoms with van der Waals surface area (Å²) >= 11 is 1.46. The van der Waals surface area contributed by atoms with Crippen LogP contribution in [-0.4, -0.2) is 17.3 Å². The van der Waals surface area contributed by atoms with Gasteiger partial charge in [0, 0.05) is 19.8 Å². The molecule has 0 aliphatic heterocycles. The van der Waals surface area contributed by atoms with Crippen LogP contribution in [0.1, 0.15) is 36.5 Å². The van der Waals surface area contributed by atoms with Gasteiger partial charge in [-0.2, -0.15) is 18.2 Å². The molecule has 0 fully saturated rings. The van der Waals surface area contributed by atoms with Crippen LogP contribution < -0.4 is 29.7 Å². The summed E-state index contributed by atoms with van der Waals surface area (Å²) in [4.78, 5) is 2.16. The fraction of sp³-hybridized carbons (Fsp3) is 0.162. The van der Waals surface area contributed by atoms with Crippen LogP contribution in [0.15, 0.2) is 133 Å². The molecule has 0 saturated heterocycles. The molecule has 0 heterocycles. The number of hydrogen-bond donors (Lipinski definition) is 0. The summed E-state index contributed by atoms with van der Waals surface area (Å²) in [7, 11) is 4.18. The van der Waals surface area contributed by atoms with Crippen LogP contribution >= 0.6 is 0 Å². The molecule has 210 valence electrons. The number of halogens is 2. The second kappa shape index (κ2) is 17.9. The van der Waals surface area contributed by atoms with Gasteiger partial charge in [-0.1, -0.05) is 55.7 Å². The molecule has 0 unspecified atom stereocenters. The Morgan fingerprint density at radius 2 is 1.22 bits per heavy atom. The number of aryl methyl sites for hydroxylation is 1. The van der Waals surface area contributed by atoms with E-state index >= 15 is 0 Å². The van der Waals surface area contributed by atoms with Gasteiger partial charge < -0.3 is 29.7 Å². The van der Waals surface area contributed by atoms with Gasteiger partial charge in [0.05, 0.1) is 0 Å². The van der Waals surface area contributed by atoms with Crippen LogP contribution in [0.4, 0.5) is 5.69 Å². The van der Waals surface area contributed by atoms with E-state index in [9.17, 15) is 0 Å². The van der Waals surface area contributed by atoms with Crippen LogP contribution in [0.5, 0.6) is 0 Å². The molecule has 6 rings (SSSR count). The summed E-state index contributed by atoms with van der Waals surface area (Å²) < 4.78 is 1.42. The van der Waals surface area contributed by atoms with E-state index in [1.165, 1.54) is 90.6 Å². The fourth-order valence-corrected chi connectivity index (χ4v) is 5.39. The first kappa shape index (κ1) is 34.4. The van der Waals surface area contributed by atoms with Gasteiger partial charge in [-0.15, -0.1) is 33.7 Å². The first-order valence-corrected chi connectivity index (χ1v) is 14.9. The number of nitrogens with zero attached hydrogens (tertiary/aromatic N) is 1. The third-order valence-electron chi connectivity index (χ3n) is 6.77. The Hall–Kier alpha value is -2.77. The van der Waals surface area contributed by atoms with Gasteiger partial charge in [0.15, 0.2) is 0 Å². The van der Waals surface area contributed by atoms with Crippen molar-refractivity contribution in [1.29, 1.82) is 0 Å². The maximum absolute atomic E-state index is 2.36. The first-order valence-electron chi connectivity index (χ1n) is 13.7. The van der Waals surface area contributed by atoms with Gasteiger partial charge >= 0.3 is 99.2 Å². The van der Waals surface area contributed by atoms with E-state index in [1.807, 2.05) is 30.3 Å². The molecule has 0 bridgehead atoms. The standard InChI is InChI=1S/C19H22N.C13H10.C5H5.2ClH.Zr/c1-4-5-6-14-7-9-18-15(11-14)12-16-13-17(20(2)3)8-10-19(16)18;1-3-7-12(8-4-1)11-13-9-5-2-6-10-13;1-2-4-5-3-1;;;/h7-13H,4-6H2,1-3H3;1-10H;1-5H;2*1H;/q-1;;-1;;;+2/p-2. The van der Waals surface area contributed by atoms with Crippen molar-refractivity contribution < 1.29 is 49.0 Å². The summed E-state index contributed by atoms with van der Waals surface area (Å²) in [6.07, 6.45) is 3.72. The second-order valence-corrected chi connectivity index (χ2v) is 11.1. The molecule has 0 aliphatic rings. The summed E-state index contributed by atoms with van der Waals surface area (Å²) in [6.45, 7) is 2.25. The number of benzene rings is 4. The van der Waals surface area contributed by atoms with Crippen LogP contribution in [0.25, 0.3) is 21.5 Å². The molecule has 0 spiro atoms. The molecule has 0 N–H and O–H groups in total. The predicted molar refractivity (Wildman–Crippen MR) is 168 cm³/mol. The second-order valence-electron chi connectivity index (χ2n) is 9.90. The average Bonchev–Trinajstić information content (AvgIpc) is 3.68. The van der Waals surface area contributed by atoms with Gasteiger partial charge in [-0.25, -0.2) is 12.1 Å². The molecule has 4 heteroatoms. The third kappa shape index (κ3) is 9.93. The van der Waals surface area contributed by atoms with Crippen molar-refractivity contribution in [3.63, 3.8) is 0 Å². The van der Waals surface area contributed by atoms with Gasteiger partial charge in [-0.05, 0) is 6.42 Å². The van der Waals surface area contributed by atoms with Crippen molar-refractivity contribution in [2.75, 3.05) is 19.0 Å². The zero-order valence-corrected chi connectivity index (χ0v) is 28.0. The maximum Gasteiger partial charge on any atom is -0.172 e. The first-order chi connectivity index (χ1) is 19.1. The van der Waals surface area contributed by atoms with Crippen molar-refractivity contribution >= 4 is 30.4 Å². The Morgan fingerprint density at radius 3 is 1.71 bits per heavy atom. The average molecular weight is 658 g/mol. The van der Waals surface area contributed by atoms with Crippen molar-refractivity contribution in [2.24, 2.45) is 0 Å². The summed E-state index contributed by atoms with van der Waals surface area (Å²) in [6, 6.07) is 47.1. The molecule has 0 radical (unpaired) electrons. The van der Waals surface area contributed by atoms with Gasteiger partial charge in [0.25, 0.3) is 0 Å². The summed E-state index contributed by atoms with van der Waals surface area (Å²) in [5, 5.41) is 5.47. The van der Waals surface area contributed by atoms with Gasteiger partial charge in [0.1, 0.15) is 0 Å². The zero-order chi connectivity index (χ0) is 27.5. The molecule has 0 atom stereocenters. The molecular formula is C37H37Cl2NZr-2. The van der Waals surface area contributed by atoms with Gasteiger partial charge in [-0.3, -0.25) is 0 Å². The predicted octanol–water partition coefficient (Wildman–Crippen LogP) is 3.34. The minimum Gasteiger partial charge on any atom is -0.214 e. The molecular weight excluding hydrogens is 621 g/mol. The SMILES string of the molecule is CCCCc1ccc2c(c1)[cH-]c1cc(N(C)C)ccc12.[Cl-].[Cl-].[Zr+2]=[C](c1ccccc1)c1ccccc1.c1cc[cH-]c1. The quantitative estimate of drug-likeness (QED) is 0.249. The van der Waals surface area contributed by atoms with Crippen LogP contribution in [-0.2, 0) is 30.7 Å². The topological polar surface area (TPSA) is 3.24 Å². The molecule has 41 heavy (non-hydrogen) atoms. The van der Waals surface area contributed by atoms with E-state index in [0.717, 1.165) is 0 Å². The van der Waals surface area contributed by atoms with Crippen molar-refractivity contribution in [3.8, 4) is 0 Å². The number of anilines is 1. The summed E-state index contributed by atoms with van der Waals surface area (Å²) in [5.41, 5.74) is 5.38.